The van der Waals surface area contributed by atoms with Gasteiger partial charge in [-0.05, 0) is 41.3 Å². The molecule has 2 rings (SSSR count). The van der Waals surface area contributed by atoms with Crippen molar-refractivity contribution in [3.05, 3.63) is 51.5 Å². The summed E-state index contributed by atoms with van der Waals surface area (Å²) < 4.78 is 3.00. The van der Waals surface area contributed by atoms with Crippen LogP contribution in [0.4, 0.5) is 0 Å². The molecule has 1 aromatic heterocycles. The van der Waals surface area contributed by atoms with Gasteiger partial charge in [-0.3, -0.25) is 0 Å². The molecule has 0 bridgehead atoms. The fourth-order valence-electron chi connectivity index (χ4n) is 2.13. The van der Waals surface area contributed by atoms with Crippen molar-refractivity contribution in [3.8, 4) is 0 Å². The molecule has 0 amide bonds. The van der Waals surface area contributed by atoms with E-state index in [1.54, 1.807) is 0 Å². The summed E-state index contributed by atoms with van der Waals surface area (Å²) in [5, 5.41) is 0. The van der Waals surface area contributed by atoms with Gasteiger partial charge in [0.05, 0.1) is 12.2 Å². The molecule has 1 aromatic carbocycles. The lowest BCUT2D eigenvalue weighted by atomic mass is 10.1. The second kappa shape index (κ2) is 5.67. The molecular weight excluding hydrogens is 290 g/mol. The lowest BCUT2D eigenvalue weighted by Gasteiger charge is -2.06. The molecule has 0 spiro atoms. The first-order valence-electron chi connectivity index (χ1n) is 6.07. The standard InChI is InChI=1S/C14H18BrN3/c1-10-4-3-5-11(8-10)6-7-12-14(15)17-13(9-16)18(12)2/h3-5,8H,6-7,9,16H2,1-2H3. The summed E-state index contributed by atoms with van der Waals surface area (Å²) in [5.74, 6) is 0.918. The Bertz CT molecular complexity index is 546. The molecule has 1 heterocycles. The Labute approximate surface area is 116 Å². The van der Waals surface area contributed by atoms with Crippen molar-refractivity contribution in [3.63, 3.8) is 0 Å². The van der Waals surface area contributed by atoms with Crippen LogP contribution >= 0.6 is 15.9 Å². The monoisotopic (exact) mass is 307 g/mol. The summed E-state index contributed by atoms with van der Waals surface area (Å²) in [5.41, 5.74) is 9.52. The van der Waals surface area contributed by atoms with Crippen LogP contribution < -0.4 is 5.73 Å². The summed E-state index contributed by atoms with van der Waals surface area (Å²) in [7, 11) is 2.02. The van der Waals surface area contributed by atoms with Gasteiger partial charge in [0.2, 0.25) is 0 Å². The molecule has 96 valence electrons. The first kappa shape index (κ1) is 13.3. The van der Waals surface area contributed by atoms with Crippen LogP contribution in [0.15, 0.2) is 28.9 Å². The smallest absolute Gasteiger partial charge is 0.127 e. The van der Waals surface area contributed by atoms with Crippen LogP contribution in [-0.4, -0.2) is 9.55 Å². The van der Waals surface area contributed by atoms with Crippen LogP contribution in [-0.2, 0) is 26.4 Å². The van der Waals surface area contributed by atoms with Crippen molar-refractivity contribution in [2.45, 2.75) is 26.3 Å². The van der Waals surface area contributed by atoms with E-state index >= 15 is 0 Å². The predicted octanol–water partition coefficient (Wildman–Crippen LogP) is 2.73. The largest absolute Gasteiger partial charge is 0.333 e. The fourth-order valence-corrected chi connectivity index (χ4v) is 2.80. The number of hydrogen-bond acceptors (Lipinski definition) is 2. The normalized spacial score (nSPS) is 10.9. The summed E-state index contributed by atoms with van der Waals surface area (Å²) in [6.07, 6.45) is 1.98. The van der Waals surface area contributed by atoms with E-state index in [0.29, 0.717) is 6.54 Å². The Hall–Kier alpha value is -1.13. The van der Waals surface area contributed by atoms with E-state index in [2.05, 4.69) is 56.7 Å². The van der Waals surface area contributed by atoms with Crippen molar-refractivity contribution in [2.75, 3.05) is 0 Å². The van der Waals surface area contributed by atoms with E-state index in [9.17, 15) is 0 Å². The number of imidazole rings is 1. The second-order valence-corrected chi connectivity index (χ2v) is 5.27. The van der Waals surface area contributed by atoms with Crippen LogP contribution in [0.5, 0.6) is 0 Å². The molecule has 4 heteroatoms. The van der Waals surface area contributed by atoms with Gasteiger partial charge < -0.3 is 10.3 Å². The first-order chi connectivity index (χ1) is 8.61. The maximum Gasteiger partial charge on any atom is 0.127 e. The molecular formula is C14H18BrN3. The quantitative estimate of drug-likeness (QED) is 0.944. The Morgan fingerprint density at radius 3 is 2.72 bits per heavy atom. The zero-order chi connectivity index (χ0) is 13.1. The number of aryl methyl sites for hydroxylation is 2. The van der Waals surface area contributed by atoms with E-state index in [0.717, 1.165) is 23.3 Å². The van der Waals surface area contributed by atoms with Gasteiger partial charge in [0.15, 0.2) is 0 Å². The minimum absolute atomic E-state index is 0.472. The lowest BCUT2D eigenvalue weighted by molar-refractivity contribution is 0.739. The third-order valence-electron chi connectivity index (χ3n) is 3.17. The highest BCUT2D eigenvalue weighted by Crippen LogP contribution is 2.19. The zero-order valence-corrected chi connectivity index (χ0v) is 12.4. The highest BCUT2D eigenvalue weighted by molar-refractivity contribution is 9.10. The van der Waals surface area contributed by atoms with Gasteiger partial charge in [-0.1, -0.05) is 29.8 Å². The third kappa shape index (κ3) is 2.82. The summed E-state index contributed by atoms with van der Waals surface area (Å²) in [6.45, 7) is 2.59. The van der Waals surface area contributed by atoms with Gasteiger partial charge in [-0.15, -0.1) is 0 Å². The summed E-state index contributed by atoms with van der Waals surface area (Å²) in [4.78, 5) is 4.41. The topological polar surface area (TPSA) is 43.8 Å². The zero-order valence-electron chi connectivity index (χ0n) is 10.8. The maximum atomic E-state index is 5.66. The van der Waals surface area contributed by atoms with Gasteiger partial charge in [-0.25, -0.2) is 4.98 Å². The minimum Gasteiger partial charge on any atom is -0.333 e. The third-order valence-corrected chi connectivity index (χ3v) is 3.81. The van der Waals surface area contributed by atoms with Crippen LogP contribution in [0, 0.1) is 6.92 Å². The van der Waals surface area contributed by atoms with E-state index < -0.39 is 0 Å². The Kier molecular flexibility index (Phi) is 4.19. The maximum absolute atomic E-state index is 5.66. The number of halogens is 1. The van der Waals surface area contributed by atoms with Crippen molar-refractivity contribution >= 4 is 15.9 Å². The first-order valence-corrected chi connectivity index (χ1v) is 6.86. The van der Waals surface area contributed by atoms with Crippen LogP contribution in [0.25, 0.3) is 0 Å². The molecule has 2 N–H and O–H groups in total. The van der Waals surface area contributed by atoms with Gasteiger partial charge in [0, 0.05) is 7.05 Å². The molecule has 2 aromatic rings. The Morgan fingerprint density at radius 2 is 2.11 bits per heavy atom. The number of hydrogen-bond donors (Lipinski definition) is 1. The average molecular weight is 308 g/mol. The molecule has 0 fully saturated rings. The molecule has 0 radical (unpaired) electrons. The molecule has 0 saturated carbocycles. The number of nitrogens with two attached hydrogens (primary N) is 1. The SMILES string of the molecule is Cc1cccc(CCc2c(Br)nc(CN)n2C)c1. The van der Waals surface area contributed by atoms with Crippen molar-refractivity contribution in [2.24, 2.45) is 12.8 Å². The molecule has 0 atom stereocenters. The second-order valence-electron chi connectivity index (χ2n) is 4.52. The van der Waals surface area contributed by atoms with Crippen molar-refractivity contribution in [1.29, 1.82) is 0 Å². The van der Waals surface area contributed by atoms with E-state index in [4.69, 9.17) is 5.73 Å². The number of nitrogens with zero attached hydrogens (tertiary/aromatic N) is 2. The van der Waals surface area contributed by atoms with Gasteiger partial charge in [-0.2, -0.15) is 0 Å². The molecule has 18 heavy (non-hydrogen) atoms. The molecule has 0 aliphatic rings. The minimum atomic E-state index is 0.472. The van der Waals surface area contributed by atoms with E-state index in [1.165, 1.54) is 16.8 Å². The molecule has 0 unspecified atom stereocenters. The molecule has 3 nitrogen and oxygen atoms in total. The molecule has 0 saturated heterocycles. The van der Waals surface area contributed by atoms with Crippen molar-refractivity contribution < 1.29 is 0 Å². The van der Waals surface area contributed by atoms with Crippen LogP contribution in [0.3, 0.4) is 0 Å². The Balaban J connectivity index is 2.13. The molecule has 0 aliphatic carbocycles. The van der Waals surface area contributed by atoms with E-state index in [-0.39, 0.29) is 0 Å². The number of benzene rings is 1. The Morgan fingerprint density at radius 1 is 1.33 bits per heavy atom. The summed E-state index contributed by atoms with van der Waals surface area (Å²) >= 11 is 3.51. The highest BCUT2D eigenvalue weighted by atomic mass is 79.9. The fraction of sp³-hybridized carbons (Fsp3) is 0.357. The van der Waals surface area contributed by atoms with Crippen LogP contribution in [0.1, 0.15) is 22.6 Å². The van der Waals surface area contributed by atoms with Gasteiger partial charge in [0.1, 0.15) is 10.4 Å². The molecule has 0 aliphatic heterocycles. The highest BCUT2D eigenvalue weighted by Gasteiger charge is 2.11. The number of rotatable bonds is 4. The van der Waals surface area contributed by atoms with Crippen LogP contribution in [0.2, 0.25) is 0 Å². The van der Waals surface area contributed by atoms with Crippen molar-refractivity contribution in [1.82, 2.24) is 9.55 Å². The predicted molar refractivity (Wildman–Crippen MR) is 77.4 cm³/mol. The van der Waals surface area contributed by atoms with Gasteiger partial charge >= 0.3 is 0 Å². The number of aromatic nitrogens is 2. The van der Waals surface area contributed by atoms with E-state index in [1.807, 2.05) is 7.05 Å². The summed E-state index contributed by atoms with van der Waals surface area (Å²) in [6, 6.07) is 8.62. The lowest BCUT2D eigenvalue weighted by Crippen LogP contribution is -2.07. The van der Waals surface area contributed by atoms with Gasteiger partial charge in [0.25, 0.3) is 0 Å². The average Bonchev–Trinajstić information content (AvgIpc) is 2.62.